The van der Waals surface area contributed by atoms with Gasteiger partial charge in [0.25, 0.3) is 0 Å². The van der Waals surface area contributed by atoms with Crippen LogP contribution in [-0.2, 0) is 11.0 Å². The number of rotatable bonds is 3. The van der Waals surface area contributed by atoms with Gasteiger partial charge in [0.15, 0.2) is 0 Å². The van der Waals surface area contributed by atoms with E-state index in [1.54, 1.807) is 21.7 Å². The maximum atomic E-state index is 12.9. The van der Waals surface area contributed by atoms with E-state index in [2.05, 4.69) is 16.7 Å². The van der Waals surface area contributed by atoms with Crippen molar-refractivity contribution in [1.82, 2.24) is 19.7 Å². The predicted octanol–water partition coefficient (Wildman–Crippen LogP) is 4.73. The molecule has 1 fully saturated rings. The number of fused-ring (bicyclic) bond motifs is 1. The molecule has 4 rings (SSSR count). The zero-order valence-electron chi connectivity index (χ0n) is 15.2. The first-order chi connectivity index (χ1) is 13.8. The van der Waals surface area contributed by atoms with Gasteiger partial charge in [-0.1, -0.05) is 30.3 Å². The van der Waals surface area contributed by atoms with Crippen molar-refractivity contribution in [1.29, 1.82) is 0 Å². The van der Waals surface area contributed by atoms with Gasteiger partial charge in [-0.05, 0) is 36.8 Å². The van der Waals surface area contributed by atoms with Crippen molar-refractivity contribution in [2.24, 2.45) is 0 Å². The third-order valence-corrected chi connectivity index (χ3v) is 5.21. The Morgan fingerprint density at radius 3 is 2.59 bits per heavy atom. The first-order valence-corrected chi connectivity index (χ1v) is 9.29. The molecular formula is C20H16ClF3N4O. The fourth-order valence-electron chi connectivity index (χ4n) is 3.56. The quantitative estimate of drug-likeness (QED) is 0.454. The van der Waals surface area contributed by atoms with E-state index in [-0.39, 0.29) is 17.1 Å². The van der Waals surface area contributed by atoms with Gasteiger partial charge in [0, 0.05) is 18.7 Å². The second-order valence-corrected chi connectivity index (χ2v) is 7.19. The minimum atomic E-state index is -4.41. The summed E-state index contributed by atoms with van der Waals surface area (Å²) in [5.41, 5.74) is 1.44. The van der Waals surface area contributed by atoms with E-state index in [1.165, 1.54) is 18.2 Å². The summed E-state index contributed by atoms with van der Waals surface area (Å²) in [6, 6.07) is 8.13. The Labute approximate surface area is 169 Å². The normalized spacial score (nSPS) is 17.1. The van der Waals surface area contributed by atoms with E-state index in [1.807, 2.05) is 0 Å². The van der Waals surface area contributed by atoms with Crippen LogP contribution in [0.5, 0.6) is 0 Å². The Kier molecular flexibility index (Phi) is 4.82. The summed E-state index contributed by atoms with van der Waals surface area (Å²) in [6.07, 6.45) is -2.43. The maximum absolute atomic E-state index is 12.9. The number of halogens is 4. The summed E-state index contributed by atoms with van der Waals surface area (Å²) in [5.74, 6) is -0.145. The monoisotopic (exact) mass is 420 g/mol. The van der Waals surface area contributed by atoms with Gasteiger partial charge in [-0.25, -0.2) is 4.98 Å². The Bertz CT molecular complexity index is 1090. The van der Waals surface area contributed by atoms with Gasteiger partial charge in [-0.2, -0.15) is 18.3 Å². The van der Waals surface area contributed by atoms with E-state index in [0.29, 0.717) is 41.8 Å². The number of hydrogen-bond acceptors (Lipinski definition) is 3. The number of alkyl halides is 3. The van der Waals surface area contributed by atoms with Crippen molar-refractivity contribution in [3.63, 3.8) is 0 Å². The molecule has 3 aromatic rings. The van der Waals surface area contributed by atoms with Gasteiger partial charge in [0.2, 0.25) is 5.91 Å². The van der Waals surface area contributed by atoms with E-state index < -0.39 is 11.7 Å². The number of carbonyl (C=O) groups excluding carboxylic acids is 1. The summed E-state index contributed by atoms with van der Waals surface area (Å²) in [7, 11) is 0. The molecule has 1 atom stereocenters. The summed E-state index contributed by atoms with van der Waals surface area (Å²) in [6.45, 7) is 4.56. The van der Waals surface area contributed by atoms with Gasteiger partial charge in [0.1, 0.15) is 16.4 Å². The topological polar surface area (TPSA) is 51.0 Å². The van der Waals surface area contributed by atoms with Crippen LogP contribution in [-0.4, -0.2) is 38.7 Å². The first-order valence-electron chi connectivity index (χ1n) is 8.91. The third kappa shape index (κ3) is 3.60. The van der Waals surface area contributed by atoms with Crippen molar-refractivity contribution < 1.29 is 18.0 Å². The molecule has 0 bridgehead atoms. The lowest BCUT2D eigenvalue weighted by Gasteiger charge is -2.15. The van der Waals surface area contributed by atoms with Crippen LogP contribution in [0.3, 0.4) is 0 Å². The number of amides is 1. The minimum Gasteiger partial charge on any atom is -0.337 e. The lowest BCUT2D eigenvalue weighted by Crippen LogP contribution is -2.27. The fraction of sp³-hybridized carbons (Fsp3) is 0.250. The molecule has 0 spiro atoms. The van der Waals surface area contributed by atoms with Crippen LogP contribution in [0, 0.1) is 0 Å². The number of benzene rings is 1. The molecule has 5 nitrogen and oxygen atoms in total. The predicted molar refractivity (Wildman–Crippen MR) is 103 cm³/mol. The summed E-state index contributed by atoms with van der Waals surface area (Å²) >= 11 is 6.05. The SMILES string of the molecule is C=CC(=O)N1CCC(n2nc(-c3ccc(C(F)(F)F)cc3)c3nc(Cl)ccc32)C1. The molecule has 2 aromatic heterocycles. The van der Waals surface area contributed by atoms with Crippen LogP contribution in [0.1, 0.15) is 18.0 Å². The molecule has 3 heterocycles. The summed E-state index contributed by atoms with van der Waals surface area (Å²) in [4.78, 5) is 17.9. The number of nitrogens with zero attached hydrogens (tertiary/aromatic N) is 4. The lowest BCUT2D eigenvalue weighted by molar-refractivity contribution is -0.137. The molecule has 9 heteroatoms. The Morgan fingerprint density at radius 2 is 1.93 bits per heavy atom. The second-order valence-electron chi connectivity index (χ2n) is 6.80. The van der Waals surface area contributed by atoms with Crippen LogP contribution >= 0.6 is 11.6 Å². The molecule has 29 heavy (non-hydrogen) atoms. The molecule has 1 aliphatic rings. The zero-order valence-corrected chi connectivity index (χ0v) is 15.9. The van der Waals surface area contributed by atoms with Crippen LogP contribution in [0.25, 0.3) is 22.3 Å². The Hall–Kier alpha value is -2.87. The van der Waals surface area contributed by atoms with Gasteiger partial charge >= 0.3 is 6.18 Å². The molecular weight excluding hydrogens is 405 g/mol. The summed E-state index contributed by atoms with van der Waals surface area (Å²) in [5, 5.41) is 4.91. The number of likely N-dealkylation sites (tertiary alicyclic amines) is 1. The zero-order chi connectivity index (χ0) is 20.8. The molecule has 1 saturated heterocycles. The van der Waals surface area contributed by atoms with Crippen LogP contribution in [0.2, 0.25) is 5.15 Å². The number of aromatic nitrogens is 3. The fourth-order valence-corrected chi connectivity index (χ4v) is 3.70. The molecule has 0 N–H and O–H groups in total. The second kappa shape index (κ2) is 7.18. The largest absolute Gasteiger partial charge is 0.416 e. The smallest absolute Gasteiger partial charge is 0.337 e. The van der Waals surface area contributed by atoms with Gasteiger partial charge in [-0.15, -0.1) is 0 Å². The van der Waals surface area contributed by atoms with Gasteiger partial charge in [0.05, 0.1) is 17.1 Å². The van der Waals surface area contributed by atoms with Crippen LogP contribution < -0.4 is 0 Å². The first kappa shape index (κ1) is 19.4. The number of carbonyl (C=O) groups is 1. The highest BCUT2D eigenvalue weighted by Gasteiger charge is 2.31. The molecule has 0 aliphatic carbocycles. The third-order valence-electron chi connectivity index (χ3n) is 5.00. The van der Waals surface area contributed by atoms with Crippen LogP contribution in [0.4, 0.5) is 13.2 Å². The molecule has 1 aromatic carbocycles. The van der Waals surface area contributed by atoms with Crippen molar-refractivity contribution in [3.05, 3.63) is 59.8 Å². The van der Waals surface area contributed by atoms with Crippen LogP contribution in [0.15, 0.2) is 49.1 Å². The molecule has 1 aliphatic heterocycles. The van der Waals surface area contributed by atoms with E-state index in [4.69, 9.17) is 11.6 Å². The molecule has 1 unspecified atom stereocenters. The highest BCUT2D eigenvalue weighted by atomic mass is 35.5. The van der Waals surface area contributed by atoms with E-state index >= 15 is 0 Å². The van der Waals surface area contributed by atoms with E-state index in [0.717, 1.165) is 12.1 Å². The standard InChI is InChI=1S/C20H16ClF3N4O/c1-2-17(29)27-10-9-14(11-27)28-15-7-8-16(21)25-19(15)18(26-28)12-3-5-13(6-4-12)20(22,23)24/h2-8,14H,1,9-11H2. The Balaban J connectivity index is 1.77. The lowest BCUT2D eigenvalue weighted by atomic mass is 10.1. The molecule has 0 saturated carbocycles. The average Bonchev–Trinajstić information content (AvgIpc) is 3.31. The van der Waals surface area contributed by atoms with Crippen molar-refractivity contribution in [2.75, 3.05) is 13.1 Å². The van der Waals surface area contributed by atoms with Gasteiger partial charge < -0.3 is 4.90 Å². The van der Waals surface area contributed by atoms with Gasteiger partial charge in [-0.3, -0.25) is 9.48 Å². The molecule has 0 radical (unpaired) electrons. The maximum Gasteiger partial charge on any atom is 0.416 e. The average molecular weight is 421 g/mol. The molecule has 1 amide bonds. The highest BCUT2D eigenvalue weighted by Crippen LogP contribution is 2.34. The van der Waals surface area contributed by atoms with Crippen molar-refractivity contribution >= 4 is 28.5 Å². The number of pyridine rings is 1. The summed E-state index contributed by atoms with van der Waals surface area (Å²) < 4.78 is 40.4. The number of hydrogen-bond donors (Lipinski definition) is 0. The Morgan fingerprint density at radius 1 is 1.21 bits per heavy atom. The van der Waals surface area contributed by atoms with E-state index in [9.17, 15) is 18.0 Å². The van der Waals surface area contributed by atoms with Crippen molar-refractivity contribution in [2.45, 2.75) is 18.6 Å². The minimum absolute atomic E-state index is 0.0763. The van der Waals surface area contributed by atoms with Crippen molar-refractivity contribution in [3.8, 4) is 11.3 Å². The highest BCUT2D eigenvalue weighted by molar-refractivity contribution is 6.29. The molecule has 150 valence electrons.